The number of rotatable bonds is 4. The van der Waals surface area contributed by atoms with Gasteiger partial charge >= 0.3 is 0 Å². The van der Waals surface area contributed by atoms with Crippen LogP contribution in [-0.4, -0.2) is 21.7 Å². The molecule has 2 aromatic carbocycles. The number of aromatic nitrogens is 2. The number of carbonyl (C=O) groups is 1. The molecule has 1 N–H and O–H groups in total. The summed E-state index contributed by atoms with van der Waals surface area (Å²) in [5.41, 5.74) is 3.48. The predicted octanol–water partition coefficient (Wildman–Crippen LogP) is 2.95. The van der Waals surface area contributed by atoms with Crippen molar-refractivity contribution in [3.05, 3.63) is 65.5 Å². The largest absolute Gasteiger partial charge is 0.348 e. The van der Waals surface area contributed by atoms with Crippen molar-refractivity contribution in [3.63, 3.8) is 0 Å². The fourth-order valence-corrected chi connectivity index (χ4v) is 3.48. The highest BCUT2D eigenvalue weighted by atomic mass is 16.1. The Kier molecular flexibility index (Phi) is 3.37. The van der Waals surface area contributed by atoms with E-state index in [2.05, 4.69) is 34.7 Å². The molecule has 1 heterocycles. The normalized spacial score (nSPS) is 14.1. The van der Waals surface area contributed by atoms with Gasteiger partial charge in [0.25, 0.3) is 5.91 Å². The summed E-state index contributed by atoms with van der Waals surface area (Å²) in [5.74, 6) is -0.0137. The molecule has 0 radical (unpaired) electrons. The van der Waals surface area contributed by atoms with Gasteiger partial charge in [-0.25, -0.2) is 0 Å². The number of amides is 1. The van der Waals surface area contributed by atoms with E-state index in [4.69, 9.17) is 0 Å². The summed E-state index contributed by atoms with van der Waals surface area (Å²) in [4.78, 5) is 12.7. The molecular weight excluding hydrogens is 286 g/mol. The van der Waals surface area contributed by atoms with Gasteiger partial charge in [0.15, 0.2) is 0 Å². The van der Waals surface area contributed by atoms with E-state index in [1.165, 1.54) is 16.5 Å². The molecule has 3 aromatic rings. The van der Waals surface area contributed by atoms with E-state index in [1.807, 2.05) is 29.9 Å². The van der Waals surface area contributed by atoms with Crippen molar-refractivity contribution in [2.45, 2.75) is 32.4 Å². The summed E-state index contributed by atoms with van der Waals surface area (Å²) >= 11 is 0. The molecule has 0 unspecified atom stereocenters. The molecule has 1 aliphatic carbocycles. The van der Waals surface area contributed by atoms with Crippen molar-refractivity contribution in [1.82, 2.24) is 15.1 Å². The van der Waals surface area contributed by atoms with Crippen LogP contribution in [0.4, 0.5) is 0 Å². The highest BCUT2D eigenvalue weighted by molar-refractivity contribution is 6.09. The second kappa shape index (κ2) is 5.54. The third-order valence-electron chi connectivity index (χ3n) is 4.52. The van der Waals surface area contributed by atoms with Crippen LogP contribution >= 0.6 is 0 Å². The van der Waals surface area contributed by atoms with Crippen LogP contribution in [0.3, 0.4) is 0 Å². The highest BCUT2D eigenvalue weighted by Crippen LogP contribution is 2.32. The third kappa shape index (κ3) is 2.50. The molecule has 4 heteroatoms. The van der Waals surface area contributed by atoms with Gasteiger partial charge in [0.05, 0.1) is 6.54 Å². The quantitative estimate of drug-likeness (QED) is 0.805. The Morgan fingerprint density at radius 2 is 2.04 bits per heavy atom. The average molecular weight is 305 g/mol. The van der Waals surface area contributed by atoms with Gasteiger partial charge in [-0.3, -0.25) is 9.48 Å². The van der Waals surface area contributed by atoms with Crippen molar-refractivity contribution >= 4 is 16.7 Å². The summed E-state index contributed by atoms with van der Waals surface area (Å²) in [6.45, 7) is 2.67. The molecule has 1 atom stereocenters. The van der Waals surface area contributed by atoms with E-state index < -0.39 is 0 Å². The molecule has 0 saturated carbocycles. The van der Waals surface area contributed by atoms with Crippen molar-refractivity contribution < 1.29 is 4.79 Å². The fraction of sp³-hybridized carbons (Fsp3) is 0.263. The monoisotopic (exact) mass is 305 g/mol. The molecule has 4 nitrogen and oxygen atoms in total. The number of nitrogens with one attached hydrogen (secondary N) is 1. The lowest BCUT2D eigenvalue weighted by Gasteiger charge is -2.15. The van der Waals surface area contributed by atoms with Gasteiger partial charge in [-0.2, -0.15) is 5.10 Å². The molecule has 23 heavy (non-hydrogen) atoms. The first-order valence-corrected chi connectivity index (χ1v) is 8.04. The molecule has 116 valence electrons. The van der Waals surface area contributed by atoms with E-state index in [0.29, 0.717) is 6.54 Å². The van der Waals surface area contributed by atoms with Crippen LogP contribution in [0.5, 0.6) is 0 Å². The third-order valence-corrected chi connectivity index (χ3v) is 4.52. The first-order chi connectivity index (χ1) is 11.2. The number of nitrogens with zero attached hydrogens (tertiary/aromatic N) is 2. The van der Waals surface area contributed by atoms with Crippen LogP contribution in [0.1, 0.15) is 28.4 Å². The summed E-state index contributed by atoms with van der Waals surface area (Å²) in [6, 6.07) is 12.2. The average Bonchev–Trinajstić information content (AvgIpc) is 3.19. The topological polar surface area (TPSA) is 46.9 Å². The Morgan fingerprint density at radius 3 is 2.83 bits per heavy atom. The zero-order chi connectivity index (χ0) is 15.8. The van der Waals surface area contributed by atoms with Crippen LogP contribution < -0.4 is 5.32 Å². The van der Waals surface area contributed by atoms with Gasteiger partial charge < -0.3 is 5.32 Å². The van der Waals surface area contributed by atoms with E-state index in [-0.39, 0.29) is 11.9 Å². The van der Waals surface area contributed by atoms with E-state index >= 15 is 0 Å². The molecule has 0 spiro atoms. The molecule has 0 aliphatic heterocycles. The zero-order valence-electron chi connectivity index (χ0n) is 13.1. The molecule has 0 bridgehead atoms. The summed E-state index contributed by atoms with van der Waals surface area (Å²) in [7, 11) is 0. The van der Waals surface area contributed by atoms with Crippen LogP contribution in [0.25, 0.3) is 10.8 Å². The lowest BCUT2D eigenvalue weighted by atomic mass is 9.99. The van der Waals surface area contributed by atoms with Crippen molar-refractivity contribution in [1.29, 1.82) is 0 Å². The van der Waals surface area contributed by atoms with Gasteiger partial charge in [0, 0.05) is 24.0 Å². The minimum absolute atomic E-state index is 0.0137. The minimum Gasteiger partial charge on any atom is -0.348 e. The van der Waals surface area contributed by atoms with Gasteiger partial charge in [-0.1, -0.05) is 24.3 Å². The maximum Gasteiger partial charge on any atom is 0.252 e. The van der Waals surface area contributed by atoms with Gasteiger partial charge in [0.1, 0.15) is 0 Å². The molecule has 1 aliphatic rings. The Morgan fingerprint density at radius 1 is 1.22 bits per heavy atom. The SMILES string of the molecule is C[C@@H](Cn1cccn1)NC(=O)c1ccc2c3c(cccc13)CC2. The lowest BCUT2D eigenvalue weighted by molar-refractivity contribution is 0.0937. The first kappa shape index (κ1) is 14.0. The number of carbonyl (C=O) groups excluding carboxylic acids is 1. The zero-order valence-corrected chi connectivity index (χ0v) is 13.1. The predicted molar refractivity (Wildman–Crippen MR) is 90.5 cm³/mol. The maximum atomic E-state index is 12.7. The Hall–Kier alpha value is -2.62. The molecule has 1 aromatic heterocycles. The number of hydrogen-bond donors (Lipinski definition) is 1. The molecular formula is C19H19N3O. The van der Waals surface area contributed by atoms with Gasteiger partial charge in [-0.05, 0) is 53.8 Å². The Balaban J connectivity index is 1.61. The van der Waals surface area contributed by atoms with Gasteiger partial charge in [-0.15, -0.1) is 0 Å². The number of aryl methyl sites for hydroxylation is 2. The Bertz CT molecular complexity index is 857. The first-order valence-electron chi connectivity index (χ1n) is 8.04. The lowest BCUT2D eigenvalue weighted by Crippen LogP contribution is -2.35. The van der Waals surface area contributed by atoms with Crippen molar-refractivity contribution in [2.75, 3.05) is 0 Å². The van der Waals surface area contributed by atoms with E-state index in [0.717, 1.165) is 23.8 Å². The molecule has 0 saturated heterocycles. The minimum atomic E-state index is -0.0137. The maximum absolute atomic E-state index is 12.7. The summed E-state index contributed by atoms with van der Waals surface area (Å²) < 4.78 is 1.83. The van der Waals surface area contributed by atoms with Crippen LogP contribution in [0.2, 0.25) is 0 Å². The van der Waals surface area contributed by atoms with Crippen LogP contribution in [-0.2, 0) is 19.4 Å². The summed E-state index contributed by atoms with van der Waals surface area (Å²) in [6.07, 6.45) is 5.81. The number of hydrogen-bond acceptors (Lipinski definition) is 2. The highest BCUT2D eigenvalue weighted by Gasteiger charge is 2.19. The fourth-order valence-electron chi connectivity index (χ4n) is 3.48. The molecule has 1 amide bonds. The molecule has 0 fully saturated rings. The standard InChI is InChI=1S/C19H19N3O/c1-13(12-22-11-3-10-20-22)21-19(23)17-9-8-15-7-6-14-4-2-5-16(17)18(14)15/h2-5,8-11,13H,6-7,12H2,1H3,(H,21,23)/t13-/m0/s1. The van der Waals surface area contributed by atoms with Crippen molar-refractivity contribution in [3.8, 4) is 0 Å². The van der Waals surface area contributed by atoms with E-state index in [9.17, 15) is 4.79 Å². The van der Waals surface area contributed by atoms with E-state index in [1.54, 1.807) is 6.20 Å². The van der Waals surface area contributed by atoms with Crippen LogP contribution in [0.15, 0.2) is 48.8 Å². The smallest absolute Gasteiger partial charge is 0.252 e. The summed E-state index contributed by atoms with van der Waals surface area (Å²) in [5, 5.41) is 9.62. The van der Waals surface area contributed by atoms with Crippen LogP contribution in [0, 0.1) is 0 Å². The number of benzene rings is 2. The second-order valence-electron chi connectivity index (χ2n) is 6.21. The Labute approximate surface area is 135 Å². The molecule has 4 rings (SSSR count). The van der Waals surface area contributed by atoms with Crippen molar-refractivity contribution in [2.24, 2.45) is 0 Å². The van der Waals surface area contributed by atoms with Gasteiger partial charge in [0.2, 0.25) is 0 Å². The second-order valence-corrected chi connectivity index (χ2v) is 6.21.